The van der Waals surface area contributed by atoms with E-state index in [0.717, 1.165) is 11.1 Å². The van der Waals surface area contributed by atoms with Crippen molar-refractivity contribution in [2.75, 3.05) is 33.4 Å². The van der Waals surface area contributed by atoms with Crippen molar-refractivity contribution in [3.8, 4) is 0 Å². The highest BCUT2D eigenvalue weighted by molar-refractivity contribution is 5.30. The predicted molar refractivity (Wildman–Crippen MR) is 102 cm³/mol. The number of nitrogens with zero attached hydrogens (tertiary/aromatic N) is 1. The van der Waals surface area contributed by atoms with Crippen molar-refractivity contribution in [2.24, 2.45) is 10.8 Å². The van der Waals surface area contributed by atoms with Crippen molar-refractivity contribution in [3.63, 3.8) is 0 Å². The quantitative estimate of drug-likeness (QED) is 0.766. The molecule has 2 aromatic carbocycles. The van der Waals surface area contributed by atoms with Gasteiger partial charge in [-0.25, -0.2) is 0 Å². The second-order valence-electron chi connectivity index (χ2n) is 8.07. The minimum absolute atomic E-state index is 0.221. The molecule has 2 bridgehead atoms. The third kappa shape index (κ3) is 2.73. The first-order valence-electron chi connectivity index (χ1n) is 9.41. The number of ether oxygens (including phenoxy) is 1. The molecule has 0 aliphatic carbocycles. The third-order valence-corrected chi connectivity index (χ3v) is 6.33. The molecule has 4 rings (SSSR count). The van der Waals surface area contributed by atoms with Gasteiger partial charge in [-0.1, -0.05) is 60.7 Å². The van der Waals surface area contributed by atoms with Gasteiger partial charge in [0.15, 0.2) is 0 Å². The molecule has 144 valence electrons. The maximum atomic E-state index is 11.5. The zero-order valence-electron chi connectivity index (χ0n) is 15.5. The summed E-state index contributed by atoms with van der Waals surface area (Å²) < 4.78 is 6.63. The molecule has 2 saturated heterocycles. The Morgan fingerprint density at radius 2 is 1.26 bits per heavy atom. The highest BCUT2D eigenvalue weighted by Gasteiger charge is 2.66. The summed E-state index contributed by atoms with van der Waals surface area (Å²) in [5.41, 5.74) is 0.0480. The van der Waals surface area contributed by atoms with Gasteiger partial charge in [-0.15, -0.1) is 0 Å². The molecule has 0 spiro atoms. The molecule has 1 unspecified atom stereocenters. The van der Waals surface area contributed by atoms with E-state index in [-0.39, 0.29) is 13.2 Å². The Labute approximate surface area is 159 Å². The van der Waals surface area contributed by atoms with Crippen LogP contribution in [-0.4, -0.2) is 59.7 Å². The average Bonchev–Trinajstić information content (AvgIpc) is 2.71. The maximum Gasteiger partial charge on any atom is 0.0949 e. The fourth-order valence-electron chi connectivity index (χ4n) is 5.18. The van der Waals surface area contributed by atoms with Gasteiger partial charge in [-0.05, 0) is 18.2 Å². The normalized spacial score (nSPS) is 36.5. The van der Waals surface area contributed by atoms with Crippen molar-refractivity contribution in [2.45, 2.75) is 18.3 Å². The molecule has 2 aliphatic rings. The summed E-state index contributed by atoms with van der Waals surface area (Å²) in [6, 6.07) is 19.5. The lowest BCUT2D eigenvalue weighted by Gasteiger charge is -2.63. The number of aliphatic hydroxyl groups is 3. The van der Waals surface area contributed by atoms with Crippen molar-refractivity contribution >= 4 is 0 Å². The van der Waals surface area contributed by atoms with Gasteiger partial charge >= 0.3 is 0 Å². The molecular weight excluding hydrogens is 342 g/mol. The molecule has 3 N–H and O–H groups in total. The molecule has 0 aromatic heterocycles. The van der Waals surface area contributed by atoms with Crippen LogP contribution in [0.5, 0.6) is 0 Å². The zero-order chi connectivity index (χ0) is 19.1. The molecular formula is C22H27NO4. The van der Waals surface area contributed by atoms with Gasteiger partial charge in [0.05, 0.1) is 42.4 Å². The number of hydrogen-bond acceptors (Lipinski definition) is 5. The molecule has 5 heteroatoms. The Morgan fingerprint density at radius 1 is 0.852 bits per heavy atom. The van der Waals surface area contributed by atoms with Crippen LogP contribution in [0.2, 0.25) is 0 Å². The standard InChI is InChI=1S/C22H27NO4/c1-23-12-21(14-24)18(16-8-4-2-5-9-16)27-19(17-10-6-3-7-11-17)22(13-23,15-25)20(21)26/h2-11,18-20,24-26H,12-15H2,1H3/t18-,19+,20?,21+,22-. The van der Waals surface area contributed by atoms with E-state index < -0.39 is 29.1 Å². The Bertz CT molecular complexity index is 707. The summed E-state index contributed by atoms with van der Waals surface area (Å²) in [5.74, 6) is 0. The second kappa shape index (κ2) is 7.00. The van der Waals surface area contributed by atoms with Crippen LogP contribution in [0.4, 0.5) is 0 Å². The first kappa shape index (κ1) is 18.6. The number of benzene rings is 2. The van der Waals surface area contributed by atoms with E-state index in [1.807, 2.05) is 67.7 Å². The number of aliphatic hydroxyl groups excluding tert-OH is 3. The van der Waals surface area contributed by atoms with E-state index in [0.29, 0.717) is 13.1 Å². The summed E-state index contributed by atoms with van der Waals surface area (Å²) in [6.07, 6.45) is -1.86. The van der Waals surface area contributed by atoms with Crippen molar-refractivity contribution in [3.05, 3.63) is 71.8 Å². The third-order valence-electron chi connectivity index (χ3n) is 6.33. The van der Waals surface area contributed by atoms with Gasteiger partial charge in [-0.3, -0.25) is 0 Å². The Morgan fingerprint density at radius 3 is 1.63 bits per heavy atom. The van der Waals surface area contributed by atoms with Crippen molar-refractivity contribution in [1.82, 2.24) is 4.90 Å². The first-order valence-corrected chi connectivity index (χ1v) is 9.41. The molecule has 0 saturated carbocycles. The molecule has 0 amide bonds. The second-order valence-corrected chi connectivity index (χ2v) is 8.07. The molecule has 2 aliphatic heterocycles. The van der Waals surface area contributed by atoms with E-state index in [1.54, 1.807) is 0 Å². The molecule has 2 heterocycles. The smallest absolute Gasteiger partial charge is 0.0949 e. The monoisotopic (exact) mass is 369 g/mol. The van der Waals surface area contributed by atoms with Gasteiger partial charge in [0, 0.05) is 13.1 Å². The van der Waals surface area contributed by atoms with Crippen LogP contribution in [-0.2, 0) is 4.74 Å². The number of fused-ring (bicyclic) bond motifs is 2. The number of rotatable bonds is 4. The minimum atomic E-state index is -0.902. The topological polar surface area (TPSA) is 73.2 Å². The predicted octanol–water partition coefficient (Wildman–Crippen LogP) is 1.76. The summed E-state index contributed by atoms with van der Waals surface area (Å²) in [6.45, 7) is 0.545. The molecule has 2 aromatic rings. The van der Waals surface area contributed by atoms with E-state index >= 15 is 0 Å². The maximum absolute atomic E-state index is 11.5. The van der Waals surface area contributed by atoms with Gasteiger partial charge < -0.3 is 25.0 Å². The van der Waals surface area contributed by atoms with E-state index in [2.05, 4.69) is 4.90 Å². The van der Waals surface area contributed by atoms with Crippen LogP contribution < -0.4 is 0 Å². The van der Waals surface area contributed by atoms with Crippen LogP contribution in [0.1, 0.15) is 23.3 Å². The number of hydrogen-bond donors (Lipinski definition) is 3. The summed E-state index contributed by atoms with van der Waals surface area (Å²) in [4.78, 5) is 2.09. The average molecular weight is 369 g/mol. The van der Waals surface area contributed by atoms with Gasteiger partial charge in [0.25, 0.3) is 0 Å². The fourth-order valence-corrected chi connectivity index (χ4v) is 5.18. The highest BCUT2D eigenvalue weighted by atomic mass is 16.5. The fraction of sp³-hybridized carbons (Fsp3) is 0.455. The molecule has 5 nitrogen and oxygen atoms in total. The lowest BCUT2D eigenvalue weighted by molar-refractivity contribution is -0.310. The van der Waals surface area contributed by atoms with E-state index in [1.165, 1.54) is 0 Å². The van der Waals surface area contributed by atoms with Gasteiger partial charge in [0.1, 0.15) is 0 Å². The summed E-state index contributed by atoms with van der Waals surface area (Å²) in [7, 11) is 1.97. The van der Waals surface area contributed by atoms with E-state index in [9.17, 15) is 15.3 Å². The Balaban J connectivity index is 1.89. The number of piperidine rings is 1. The SMILES string of the molecule is CN1C[C@@]2(CO)C(O)[C@@](CO)(C1)[C@H](c1ccccc1)O[C@@H]2c1ccccc1. The largest absolute Gasteiger partial charge is 0.396 e. The molecule has 27 heavy (non-hydrogen) atoms. The van der Waals surface area contributed by atoms with Crippen LogP contribution in [0, 0.1) is 10.8 Å². The van der Waals surface area contributed by atoms with Crippen molar-refractivity contribution in [1.29, 1.82) is 0 Å². The van der Waals surface area contributed by atoms with Gasteiger partial charge in [0.2, 0.25) is 0 Å². The lowest BCUT2D eigenvalue weighted by atomic mass is 9.56. The van der Waals surface area contributed by atoms with Crippen LogP contribution in [0.15, 0.2) is 60.7 Å². The van der Waals surface area contributed by atoms with Crippen LogP contribution >= 0.6 is 0 Å². The first-order chi connectivity index (χ1) is 13.1. The number of likely N-dealkylation sites (tertiary alicyclic amines) is 1. The van der Waals surface area contributed by atoms with E-state index in [4.69, 9.17) is 4.74 Å². The lowest BCUT2D eigenvalue weighted by Crippen LogP contribution is -2.71. The highest BCUT2D eigenvalue weighted by Crippen LogP contribution is 2.60. The molecule has 5 atom stereocenters. The Hall–Kier alpha value is -1.76. The van der Waals surface area contributed by atoms with Crippen LogP contribution in [0.25, 0.3) is 0 Å². The summed E-state index contributed by atoms with van der Waals surface area (Å²) in [5, 5.41) is 32.4. The molecule has 2 fully saturated rings. The minimum Gasteiger partial charge on any atom is -0.396 e. The van der Waals surface area contributed by atoms with Crippen molar-refractivity contribution < 1.29 is 20.1 Å². The summed E-state index contributed by atoms with van der Waals surface area (Å²) >= 11 is 0. The van der Waals surface area contributed by atoms with Gasteiger partial charge in [-0.2, -0.15) is 0 Å². The van der Waals surface area contributed by atoms with Crippen LogP contribution in [0.3, 0.4) is 0 Å². The zero-order valence-corrected chi connectivity index (χ0v) is 15.5. The molecule has 0 radical (unpaired) electrons. The Kier molecular flexibility index (Phi) is 4.82.